The molecule has 1 fully saturated rings. The van der Waals surface area contributed by atoms with Crippen LogP contribution in [0.3, 0.4) is 0 Å². The zero-order valence-electron chi connectivity index (χ0n) is 11.3. The second-order valence-corrected chi connectivity index (χ2v) is 7.22. The molecule has 1 aliphatic rings. The van der Waals surface area contributed by atoms with Crippen LogP contribution in [0, 0.1) is 5.92 Å². The van der Waals surface area contributed by atoms with Crippen LogP contribution in [-0.4, -0.2) is 40.7 Å². The van der Waals surface area contributed by atoms with Crippen LogP contribution in [0.15, 0.2) is 21.7 Å². The molecule has 1 aromatic heterocycles. The third kappa shape index (κ3) is 4.83. The fourth-order valence-electron chi connectivity index (χ4n) is 2.42. The minimum Gasteiger partial charge on any atom is -0.481 e. The molecule has 6 heteroatoms. The number of likely N-dealkylation sites (tertiary alicyclic amines) is 1. The zero-order valence-corrected chi connectivity index (χ0v) is 12.9. The van der Waals surface area contributed by atoms with Crippen LogP contribution >= 0.6 is 23.1 Å². The second-order valence-electron chi connectivity index (χ2n) is 5.00. The summed E-state index contributed by atoms with van der Waals surface area (Å²) in [5.41, 5.74) is 0. The minimum absolute atomic E-state index is 0.170. The molecule has 0 spiro atoms. The van der Waals surface area contributed by atoms with E-state index < -0.39 is 5.97 Å². The van der Waals surface area contributed by atoms with Gasteiger partial charge in [0.15, 0.2) is 0 Å². The summed E-state index contributed by atoms with van der Waals surface area (Å²) in [4.78, 5) is 24.7. The Morgan fingerprint density at radius 2 is 2.35 bits per heavy atom. The molecule has 0 saturated carbocycles. The third-order valence-electron chi connectivity index (χ3n) is 3.47. The molecule has 1 amide bonds. The van der Waals surface area contributed by atoms with Gasteiger partial charge in [0.05, 0.1) is 9.96 Å². The van der Waals surface area contributed by atoms with E-state index in [9.17, 15) is 9.59 Å². The number of rotatable bonds is 6. The summed E-state index contributed by atoms with van der Waals surface area (Å²) < 4.78 is 1.16. The summed E-state index contributed by atoms with van der Waals surface area (Å²) in [5.74, 6) is 0.243. The topological polar surface area (TPSA) is 57.6 Å². The third-order valence-corrected chi connectivity index (χ3v) is 5.59. The number of thiophene rings is 1. The number of hydrogen-bond acceptors (Lipinski definition) is 4. The first-order valence-electron chi connectivity index (χ1n) is 6.81. The summed E-state index contributed by atoms with van der Waals surface area (Å²) in [6.07, 6.45) is 2.91. The lowest BCUT2D eigenvalue weighted by atomic mass is 9.93. The van der Waals surface area contributed by atoms with Crippen molar-refractivity contribution in [2.24, 2.45) is 5.92 Å². The molecule has 4 nitrogen and oxygen atoms in total. The first-order valence-corrected chi connectivity index (χ1v) is 8.67. The van der Waals surface area contributed by atoms with Gasteiger partial charge >= 0.3 is 5.97 Å². The molecular formula is C14H19NO3S2. The number of carboxylic acid groups (broad SMARTS) is 1. The number of piperidine rings is 1. The Kier molecular flexibility index (Phi) is 5.91. The van der Waals surface area contributed by atoms with Crippen molar-refractivity contribution in [1.82, 2.24) is 4.90 Å². The van der Waals surface area contributed by atoms with Crippen LogP contribution in [0.4, 0.5) is 0 Å². The van der Waals surface area contributed by atoms with Crippen LogP contribution < -0.4 is 0 Å². The Morgan fingerprint density at radius 1 is 1.50 bits per heavy atom. The van der Waals surface area contributed by atoms with Crippen molar-refractivity contribution in [3.8, 4) is 0 Å². The maximum absolute atomic E-state index is 12.2. The van der Waals surface area contributed by atoms with Crippen LogP contribution in [0.5, 0.6) is 0 Å². The highest BCUT2D eigenvalue weighted by Gasteiger charge is 2.23. The zero-order chi connectivity index (χ0) is 14.4. The van der Waals surface area contributed by atoms with E-state index in [4.69, 9.17) is 5.11 Å². The lowest BCUT2D eigenvalue weighted by Crippen LogP contribution is -2.41. The number of amides is 1. The molecule has 0 aromatic carbocycles. The summed E-state index contributed by atoms with van der Waals surface area (Å²) in [6.45, 7) is 1.53. The number of hydrogen-bond donors (Lipinski definition) is 1. The van der Waals surface area contributed by atoms with Gasteiger partial charge < -0.3 is 10.0 Å². The van der Waals surface area contributed by atoms with E-state index in [2.05, 4.69) is 0 Å². The van der Waals surface area contributed by atoms with Gasteiger partial charge in [0.1, 0.15) is 0 Å². The number of aliphatic carboxylic acids is 1. The van der Waals surface area contributed by atoms with Crippen LogP contribution in [0.25, 0.3) is 0 Å². The molecule has 1 aliphatic heterocycles. The van der Waals surface area contributed by atoms with Gasteiger partial charge in [0.25, 0.3) is 0 Å². The summed E-state index contributed by atoms with van der Waals surface area (Å²) in [7, 11) is 0. The van der Waals surface area contributed by atoms with Gasteiger partial charge in [-0.3, -0.25) is 9.59 Å². The molecule has 0 bridgehead atoms. The average molecular weight is 313 g/mol. The smallest absolute Gasteiger partial charge is 0.303 e. The number of carboxylic acids is 1. The van der Waals surface area contributed by atoms with Crippen molar-refractivity contribution >= 4 is 35.0 Å². The molecule has 1 aromatic rings. The van der Waals surface area contributed by atoms with E-state index in [1.54, 1.807) is 23.1 Å². The Labute approximate surface area is 127 Å². The van der Waals surface area contributed by atoms with E-state index in [0.717, 1.165) is 30.1 Å². The molecule has 1 unspecified atom stereocenters. The van der Waals surface area contributed by atoms with Crippen molar-refractivity contribution in [3.63, 3.8) is 0 Å². The van der Waals surface area contributed by atoms with Crippen molar-refractivity contribution in [1.29, 1.82) is 0 Å². The van der Waals surface area contributed by atoms with Gasteiger partial charge in [0, 0.05) is 19.5 Å². The Balaban J connectivity index is 1.76. The molecule has 20 heavy (non-hydrogen) atoms. The molecule has 1 N–H and O–H groups in total. The largest absolute Gasteiger partial charge is 0.481 e. The van der Waals surface area contributed by atoms with Crippen molar-refractivity contribution < 1.29 is 14.7 Å². The van der Waals surface area contributed by atoms with Gasteiger partial charge in [-0.25, -0.2) is 0 Å². The van der Waals surface area contributed by atoms with Crippen molar-refractivity contribution in [2.75, 3.05) is 18.8 Å². The molecule has 1 atom stereocenters. The van der Waals surface area contributed by atoms with Gasteiger partial charge in [0.2, 0.25) is 5.91 Å². The predicted molar refractivity (Wildman–Crippen MR) is 81.2 cm³/mol. The lowest BCUT2D eigenvalue weighted by molar-refractivity contribution is -0.137. The quantitative estimate of drug-likeness (QED) is 0.820. The summed E-state index contributed by atoms with van der Waals surface area (Å²) in [5, 5.41) is 10.7. The molecule has 0 radical (unpaired) electrons. The first-order chi connectivity index (χ1) is 9.65. The Morgan fingerprint density at radius 3 is 3.05 bits per heavy atom. The predicted octanol–water partition coefficient (Wildman–Crippen LogP) is 2.94. The highest BCUT2D eigenvalue weighted by atomic mass is 32.2. The lowest BCUT2D eigenvalue weighted by Gasteiger charge is -2.32. The second kappa shape index (κ2) is 7.69. The normalized spacial score (nSPS) is 19.0. The van der Waals surface area contributed by atoms with Gasteiger partial charge in [-0.1, -0.05) is 6.07 Å². The van der Waals surface area contributed by atoms with Crippen LogP contribution in [-0.2, 0) is 9.59 Å². The van der Waals surface area contributed by atoms with Crippen LogP contribution in [0.2, 0.25) is 0 Å². The van der Waals surface area contributed by atoms with Gasteiger partial charge in [-0.2, -0.15) is 0 Å². The van der Waals surface area contributed by atoms with Gasteiger partial charge in [-0.15, -0.1) is 23.1 Å². The molecule has 1 saturated heterocycles. The fraction of sp³-hybridized carbons (Fsp3) is 0.571. The summed E-state index contributed by atoms with van der Waals surface area (Å²) in [6, 6.07) is 4.01. The first kappa shape index (κ1) is 15.4. The highest BCUT2D eigenvalue weighted by Crippen LogP contribution is 2.25. The maximum atomic E-state index is 12.2. The Hall–Kier alpha value is -1.01. The Bertz CT molecular complexity index is 447. The van der Waals surface area contributed by atoms with E-state index in [0.29, 0.717) is 18.1 Å². The number of carbonyl (C=O) groups excluding carboxylic acids is 1. The average Bonchev–Trinajstić information content (AvgIpc) is 2.96. The van der Waals surface area contributed by atoms with E-state index >= 15 is 0 Å². The molecular weight excluding hydrogens is 294 g/mol. The summed E-state index contributed by atoms with van der Waals surface area (Å²) >= 11 is 3.23. The molecule has 0 aliphatic carbocycles. The van der Waals surface area contributed by atoms with E-state index in [-0.39, 0.29) is 12.3 Å². The molecule has 110 valence electrons. The van der Waals surface area contributed by atoms with Crippen molar-refractivity contribution in [2.45, 2.75) is 29.9 Å². The van der Waals surface area contributed by atoms with Crippen molar-refractivity contribution in [3.05, 3.63) is 17.5 Å². The minimum atomic E-state index is -0.748. The number of thioether (sulfide) groups is 1. The maximum Gasteiger partial charge on any atom is 0.303 e. The number of nitrogens with zero attached hydrogens (tertiary/aromatic N) is 1. The van der Waals surface area contributed by atoms with E-state index in [1.165, 1.54) is 0 Å². The molecule has 2 heterocycles. The number of carbonyl (C=O) groups is 2. The molecule has 2 rings (SSSR count). The monoisotopic (exact) mass is 313 g/mol. The fourth-order valence-corrected chi connectivity index (χ4v) is 4.11. The van der Waals surface area contributed by atoms with Crippen LogP contribution in [0.1, 0.15) is 25.7 Å². The van der Waals surface area contributed by atoms with E-state index in [1.807, 2.05) is 22.4 Å². The highest BCUT2D eigenvalue weighted by molar-refractivity contribution is 8.01. The van der Waals surface area contributed by atoms with Gasteiger partial charge in [-0.05, 0) is 36.6 Å². The standard InChI is InChI=1S/C14H19NO3S2/c16-12(10-20-14-4-2-8-19-14)15-7-1-3-11(9-15)5-6-13(17)18/h2,4,8,11H,1,3,5-7,9-10H2,(H,17,18). The SMILES string of the molecule is O=C(O)CCC1CCCN(C(=O)CSc2cccs2)C1.